The molecule has 0 bridgehead atoms. The molecule has 3 amide bonds. The number of aromatic nitrogens is 2. The van der Waals surface area contributed by atoms with Gasteiger partial charge in [0, 0.05) is 16.8 Å². The van der Waals surface area contributed by atoms with E-state index in [0.29, 0.717) is 20.5 Å². The van der Waals surface area contributed by atoms with E-state index in [4.69, 9.17) is 23.1 Å². The first kappa shape index (κ1) is 17.5. The van der Waals surface area contributed by atoms with Crippen molar-refractivity contribution in [2.24, 2.45) is 11.5 Å². The first-order valence-electron chi connectivity index (χ1n) is 7.10. The number of benzene rings is 1. The molecule has 0 unspecified atom stereocenters. The molecule has 9 nitrogen and oxygen atoms in total. The summed E-state index contributed by atoms with van der Waals surface area (Å²) in [4.78, 5) is 36.2. The Morgan fingerprint density at radius 1 is 1.36 bits per heavy atom. The fourth-order valence-electron chi connectivity index (χ4n) is 3.09. The number of primary amides is 2. The van der Waals surface area contributed by atoms with E-state index in [1.165, 1.54) is 4.68 Å². The Kier molecular flexibility index (Phi) is 4.12. The molecule has 0 spiro atoms. The van der Waals surface area contributed by atoms with Crippen molar-refractivity contribution >= 4 is 56.3 Å². The number of carboxylic acid groups (broad SMARTS) is 1. The van der Waals surface area contributed by atoms with Gasteiger partial charge in [-0.05, 0) is 34.1 Å². The molecule has 1 saturated heterocycles. The van der Waals surface area contributed by atoms with Crippen LogP contribution in [0.25, 0.3) is 10.9 Å². The molecule has 132 valence electrons. The van der Waals surface area contributed by atoms with Gasteiger partial charge in [0.15, 0.2) is 5.54 Å². The van der Waals surface area contributed by atoms with E-state index >= 15 is 0 Å². The zero-order valence-corrected chi connectivity index (χ0v) is 15.0. The molecule has 25 heavy (non-hydrogen) atoms. The normalized spacial score (nSPS) is 23.1. The lowest BCUT2D eigenvalue weighted by molar-refractivity contribution is -0.126. The summed E-state index contributed by atoms with van der Waals surface area (Å²) >= 11 is 9.36. The third kappa shape index (κ3) is 2.61. The van der Waals surface area contributed by atoms with Crippen LogP contribution in [0.2, 0.25) is 5.02 Å². The van der Waals surface area contributed by atoms with Gasteiger partial charge in [-0.25, -0.2) is 9.48 Å². The van der Waals surface area contributed by atoms with Crippen LogP contribution in [0.4, 0.5) is 4.79 Å². The first-order valence-corrected chi connectivity index (χ1v) is 8.27. The van der Waals surface area contributed by atoms with Crippen LogP contribution in [0.3, 0.4) is 0 Å². The number of hydrogen-bond donors (Lipinski definition) is 3. The fourth-order valence-corrected chi connectivity index (χ4v) is 4.00. The van der Waals surface area contributed by atoms with Gasteiger partial charge in [-0.1, -0.05) is 11.6 Å². The third-order valence-electron chi connectivity index (χ3n) is 4.35. The average molecular weight is 431 g/mol. The minimum atomic E-state index is -1.55. The second-order valence-corrected chi connectivity index (χ2v) is 6.98. The van der Waals surface area contributed by atoms with Crippen LogP contribution >= 0.6 is 27.5 Å². The maximum Gasteiger partial charge on any atom is 0.408 e. The van der Waals surface area contributed by atoms with Gasteiger partial charge < -0.3 is 16.6 Å². The summed E-state index contributed by atoms with van der Waals surface area (Å²) in [7, 11) is 0. The molecule has 1 aromatic carbocycles. The number of amides is 3. The number of rotatable bonds is 3. The summed E-state index contributed by atoms with van der Waals surface area (Å²) in [6.45, 7) is -0.342. The second kappa shape index (κ2) is 5.88. The van der Waals surface area contributed by atoms with E-state index < -0.39 is 29.5 Å². The Balaban J connectivity index is 2.20. The predicted molar refractivity (Wildman–Crippen MR) is 91.9 cm³/mol. The molecule has 1 aliphatic heterocycles. The van der Waals surface area contributed by atoms with E-state index in [-0.39, 0.29) is 13.0 Å². The Bertz CT molecular complexity index is 892. The standard InChI is InChI=1S/C14H13BrClN5O4/c15-10-7-3-6(16)1-2-8(7)19-21(10)14(12(18)23)4-9(11(17)22)20(5-14)13(24)25/h1-3,9H,4-5H2,(H2,17,22)(H2,18,23)(H,24,25)/t9-,14+/m0/s1. The molecule has 5 N–H and O–H groups in total. The molecule has 2 aromatic rings. The van der Waals surface area contributed by atoms with Crippen LogP contribution in [-0.4, -0.2) is 50.3 Å². The molecular formula is C14H13BrClN5O4. The summed E-state index contributed by atoms with van der Waals surface area (Å²) in [6, 6.07) is 3.75. The number of nitrogens with two attached hydrogens (primary N) is 2. The van der Waals surface area contributed by atoms with Gasteiger partial charge >= 0.3 is 6.09 Å². The Morgan fingerprint density at radius 2 is 2.04 bits per heavy atom. The van der Waals surface area contributed by atoms with Gasteiger partial charge in [-0.15, -0.1) is 0 Å². The zero-order valence-electron chi connectivity index (χ0n) is 12.6. The van der Waals surface area contributed by atoms with Crippen molar-refractivity contribution in [3.8, 4) is 0 Å². The van der Waals surface area contributed by atoms with E-state index in [2.05, 4.69) is 21.0 Å². The summed E-state index contributed by atoms with van der Waals surface area (Å²) < 4.78 is 1.70. The molecule has 1 fully saturated rings. The summed E-state index contributed by atoms with van der Waals surface area (Å²) in [5.41, 5.74) is 9.87. The van der Waals surface area contributed by atoms with Gasteiger partial charge in [0.25, 0.3) is 0 Å². The molecule has 0 saturated carbocycles. The molecule has 1 aromatic heterocycles. The highest BCUT2D eigenvalue weighted by molar-refractivity contribution is 9.10. The van der Waals surface area contributed by atoms with Crippen LogP contribution in [0.1, 0.15) is 6.42 Å². The molecular weight excluding hydrogens is 418 g/mol. The minimum Gasteiger partial charge on any atom is -0.465 e. The summed E-state index contributed by atoms with van der Waals surface area (Å²) in [6.07, 6.45) is -1.58. The highest BCUT2D eigenvalue weighted by Crippen LogP contribution is 2.38. The van der Waals surface area contributed by atoms with Crippen LogP contribution in [-0.2, 0) is 15.1 Å². The highest BCUT2D eigenvalue weighted by atomic mass is 79.9. The number of fused-ring (bicyclic) bond motifs is 1. The van der Waals surface area contributed by atoms with Crippen LogP contribution in [0.15, 0.2) is 22.8 Å². The van der Waals surface area contributed by atoms with E-state index in [1.54, 1.807) is 18.2 Å². The lowest BCUT2D eigenvalue weighted by Crippen LogP contribution is -2.49. The molecule has 2 atom stereocenters. The van der Waals surface area contributed by atoms with Gasteiger partial charge in [0.2, 0.25) is 11.8 Å². The largest absolute Gasteiger partial charge is 0.465 e. The first-order chi connectivity index (χ1) is 11.7. The lowest BCUT2D eigenvalue weighted by atomic mass is 9.95. The monoisotopic (exact) mass is 429 g/mol. The van der Waals surface area contributed by atoms with Gasteiger partial charge in [0.1, 0.15) is 10.6 Å². The van der Waals surface area contributed by atoms with Gasteiger partial charge in [-0.3, -0.25) is 14.5 Å². The van der Waals surface area contributed by atoms with E-state index in [1.807, 2.05) is 0 Å². The maximum absolute atomic E-state index is 12.3. The van der Waals surface area contributed by atoms with Crippen molar-refractivity contribution in [1.29, 1.82) is 0 Å². The molecule has 2 heterocycles. The molecule has 3 rings (SSSR count). The fraction of sp³-hybridized carbons (Fsp3) is 0.286. The second-order valence-electron chi connectivity index (χ2n) is 5.79. The number of likely N-dealkylation sites (tertiary alicyclic amines) is 1. The van der Waals surface area contributed by atoms with Crippen molar-refractivity contribution in [2.75, 3.05) is 6.54 Å². The number of nitrogens with zero attached hydrogens (tertiary/aromatic N) is 3. The van der Waals surface area contributed by atoms with Crippen LogP contribution in [0.5, 0.6) is 0 Å². The van der Waals surface area contributed by atoms with Gasteiger partial charge in [-0.2, -0.15) is 5.10 Å². The van der Waals surface area contributed by atoms with Crippen molar-refractivity contribution < 1.29 is 19.5 Å². The van der Waals surface area contributed by atoms with Gasteiger partial charge in [0.05, 0.1) is 12.1 Å². The van der Waals surface area contributed by atoms with E-state index in [0.717, 1.165) is 4.90 Å². The van der Waals surface area contributed by atoms with E-state index in [9.17, 15) is 19.5 Å². The Labute approximate surface area is 154 Å². The van der Waals surface area contributed by atoms with Crippen molar-refractivity contribution in [3.63, 3.8) is 0 Å². The quantitative estimate of drug-likeness (QED) is 0.661. The number of halogens is 2. The molecule has 11 heteroatoms. The smallest absolute Gasteiger partial charge is 0.408 e. The topological polar surface area (TPSA) is 145 Å². The van der Waals surface area contributed by atoms with Crippen molar-refractivity contribution in [2.45, 2.75) is 18.0 Å². The number of hydrogen-bond acceptors (Lipinski definition) is 4. The van der Waals surface area contributed by atoms with Crippen LogP contribution in [0, 0.1) is 0 Å². The third-order valence-corrected chi connectivity index (χ3v) is 5.35. The molecule has 0 radical (unpaired) electrons. The average Bonchev–Trinajstić information content (AvgIpc) is 3.08. The molecule has 0 aliphatic carbocycles. The highest BCUT2D eigenvalue weighted by Gasteiger charge is 2.55. The SMILES string of the molecule is NC(=O)[C@@H]1C[C@@](C(N)=O)(n2nc3ccc(Cl)cc3c2Br)CN1C(=O)O. The Hall–Kier alpha value is -2.33. The Morgan fingerprint density at radius 3 is 2.56 bits per heavy atom. The molecule has 1 aliphatic rings. The zero-order chi connectivity index (χ0) is 18.5. The predicted octanol–water partition coefficient (Wildman–Crippen LogP) is 0.870. The maximum atomic E-state index is 12.3. The van der Waals surface area contributed by atoms with Crippen molar-refractivity contribution in [1.82, 2.24) is 14.7 Å². The summed E-state index contributed by atoms with van der Waals surface area (Å²) in [5.74, 6) is -1.68. The summed E-state index contributed by atoms with van der Waals surface area (Å²) in [5, 5.41) is 14.8. The van der Waals surface area contributed by atoms with Crippen LogP contribution < -0.4 is 11.5 Å². The number of carbonyl (C=O) groups excluding carboxylic acids is 2. The number of carbonyl (C=O) groups is 3. The lowest BCUT2D eigenvalue weighted by Gasteiger charge is -2.26. The van der Waals surface area contributed by atoms with Crippen molar-refractivity contribution in [3.05, 3.63) is 27.8 Å². The minimum absolute atomic E-state index is 0.204.